The normalized spacial score (nSPS) is 12.6. The first-order valence-corrected chi connectivity index (χ1v) is 8.85. The molecule has 1 amide bonds. The van der Waals surface area contributed by atoms with E-state index in [1.165, 1.54) is 23.1 Å². The molecule has 22 heavy (non-hydrogen) atoms. The predicted octanol–water partition coefficient (Wildman–Crippen LogP) is 2.66. The van der Waals surface area contributed by atoms with Gasteiger partial charge in [0.2, 0.25) is 5.91 Å². The second-order valence-electron chi connectivity index (χ2n) is 5.40. The van der Waals surface area contributed by atoms with E-state index in [9.17, 15) is 9.59 Å². The number of fused-ring (bicyclic) bond motifs is 1. The van der Waals surface area contributed by atoms with Crippen molar-refractivity contribution < 1.29 is 4.79 Å². The lowest BCUT2D eigenvalue weighted by atomic mass is 10.2. The van der Waals surface area contributed by atoms with E-state index in [1.807, 2.05) is 27.7 Å². The fourth-order valence-electron chi connectivity index (χ4n) is 2.25. The van der Waals surface area contributed by atoms with Crippen molar-refractivity contribution in [2.75, 3.05) is 14.1 Å². The van der Waals surface area contributed by atoms with Crippen molar-refractivity contribution in [1.82, 2.24) is 14.5 Å². The topological polar surface area (TPSA) is 55.2 Å². The third kappa shape index (κ3) is 2.92. The van der Waals surface area contributed by atoms with Crippen molar-refractivity contribution in [3.8, 4) is 0 Å². The first-order valence-electron chi connectivity index (χ1n) is 7.16. The summed E-state index contributed by atoms with van der Waals surface area (Å²) >= 11 is 2.88. The van der Waals surface area contributed by atoms with Crippen molar-refractivity contribution >= 4 is 39.2 Å². The van der Waals surface area contributed by atoms with Gasteiger partial charge in [0.1, 0.15) is 4.83 Å². The average molecular weight is 339 g/mol. The number of carbonyl (C=O) groups is 1. The van der Waals surface area contributed by atoms with E-state index in [4.69, 9.17) is 0 Å². The molecule has 0 fully saturated rings. The molecule has 2 aromatic rings. The summed E-state index contributed by atoms with van der Waals surface area (Å²) in [7, 11) is 3.46. The Labute approximate surface area is 138 Å². The maximum atomic E-state index is 12.7. The zero-order chi connectivity index (χ0) is 16.6. The van der Waals surface area contributed by atoms with Crippen LogP contribution >= 0.6 is 23.1 Å². The first kappa shape index (κ1) is 17.0. The van der Waals surface area contributed by atoms with Gasteiger partial charge in [0.05, 0.1) is 10.6 Å². The lowest BCUT2D eigenvalue weighted by Crippen LogP contribution is -2.31. The molecule has 0 radical (unpaired) electrons. The molecule has 2 rings (SSSR count). The summed E-state index contributed by atoms with van der Waals surface area (Å²) in [5.41, 5.74) is 0.995. The Hall–Kier alpha value is -1.34. The van der Waals surface area contributed by atoms with Gasteiger partial charge in [-0.05, 0) is 33.3 Å². The largest absolute Gasteiger partial charge is 0.348 e. The summed E-state index contributed by atoms with van der Waals surface area (Å²) in [6.45, 7) is 8.27. The van der Waals surface area contributed by atoms with Crippen molar-refractivity contribution in [2.45, 2.75) is 44.6 Å². The highest BCUT2D eigenvalue weighted by Crippen LogP contribution is 2.29. The SMILES string of the molecule is CCn1c(S[C@H](C)C(=O)N(C)C)nc2sc(C)c(C)c2c1=O. The second-order valence-corrected chi connectivity index (χ2v) is 7.91. The zero-order valence-corrected chi connectivity index (χ0v) is 15.4. The van der Waals surface area contributed by atoms with Gasteiger partial charge in [-0.3, -0.25) is 14.2 Å². The van der Waals surface area contributed by atoms with Gasteiger partial charge in [0.15, 0.2) is 5.16 Å². The van der Waals surface area contributed by atoms with Crippen molar-refractivity contribution in [2.24, 2.45) is 0 Å². The van der Waals surface area contributed by atoms with Crippen LogP contribution in [0.4, 0.5) is 0 Å². The number of nitrogens with zero attached hydrogens (tertiary/aromatic N) is 3. The lowest BCUT2D eigenvalue weighted by Gasteiger charge is -2.17. The number of rotatable bonds is 4. The van der Waals surface area contributed by atoms with Gasteiger partial charge in [-0.2, -0.15) is 0 Å². The van der Waals surface area contributed by atoms with Crippen LogP contribution in [0, 0.1) is 13.8 Å². The molecule has 0 spiro atoms. The number of hydrogen-bond acceptors (Lipinski definition) is 5. The smallest absolute Gasteiger partial charge is 0.263 e. The standard InChI is InChI=1S/C15H21N3O2S2/c1-7-18-14(20)11-8(2)9(3)21-12(11)16-15(18)22-10(4)13(19)17(5)6/h10H,7H2,1-6H3/t10-/m1/s1. The number of thioether (sulfide) groups is 1. The van der Waals surface area contributed by atoms with E-state index in [2.05, 4.69) is 4.98 Å². The average Bonchev–Trinajstić information content (AvgIpc) is 2.73. The molecule has 1 atom stereocenters. The van der Waals surface area contributed by atoms with E-state index in [0.29, 0.717) is 17.1 Å². The molecule has 0 aliphatic carbocycles. The Morgan fingerprint density at radius 1 is 1.41 bits per heavy atom. The molecule has 0 N–H and O–H groups in total. The highest BCUT2D eigenvalue weighted by atomic mass is 32.2. The fourth-order valence-corrected chi connectivity index (χ4v) is 4.44. The summed E-state index contributed by atoms with van der Waals surface area (Å²) in [5, 5.41) is 1.04. The Bertz CT molecular complexity index is 777. The molecule has 0 saturated heterocycles. The van der Waals surface area contributed by atoms with Crippen molar-refractivity contribution in [1.29, 1.82) is 0 Å². The molecule has 0 aromatic carbocycles. The van der Waals surface area contributed by atoms with Crippen LogP contribution in [0.5, 0.6) is 0 Å². The van der Waals surface area contributed by atoms with E-state index in [0.717, 1.165) is 15.3 Å². The summed E-state index contributed by atoms with van der Waals surface area (Å²) in [5.74, 6) is 0.0144. The summed E-state index contributed by atoms with van der Waals surface area (Å²) in [6, 6.07) is 0. The van der Waals surface area contributed by atoms with Crippen LogP contribution in [0.3, 0.4) is 0 Å². The molecule has 0 aliphatic rings. The molecule has 0 saturated carbocycles. The number of thiophene rings is 1. The van der Waals surface area contributed by atoms with Crippen LogP contribution in [0.2, 0.25) is 0 Å². The van der Waals surface area contributed by atoms with E-state index in [-0.39, 0.29) is 16.7 Å². The summed E-state index contributed by atoms with van der Waals surface area (Å²) in [4.78, 5) is 32.8. The van der Waals surface area contributed by atoms with Crippen molar-refractivity contribution in [3.63, 3.8) is 0 Å². The number of carbonyl (C=O) groups excluding carboxylic acids is 1. The maximum Gasteiger partial charge on any atom is 0.263 e. The minimum atomic E-state index is -0.278. The van der Waals surface area contributed by atoms with Crippen molar-refractivity contribution in [3.05, 3.63) is 20.8 Å². The van der Waals surface area contributed by atoms with Gasteiger partial charge < -0.3 is 4.90 Å². The van der Waals surface area contributed by atoms with Crippen LogP contribution < -0.4 is 5.56 Å². The molecule has 7 heteroatoms. The van der Waals surface area contributed by atoms with Crippen LogP contribution in [-0.4, -0.2) is 39.7 Å². The Morgan fingerprint density at radius 2 is 2.05 bits per heavy atom. The highest BCUT2D eigenvalue weighted by molar-refractivity contribution is 8.00. The molecular weight excluding hydrogens is 318 g/mol. The van der Waals surface area contributed by atoms with Gasteiger partial charge >= 0.3 is 0 Å². The van der Waals surface area contributed by atoms with Crippen LogP contribution in [0.15, 0.2) is 9.95 Å². The maximum absolute atomic E-state index is 12.7. The van der Waals surface area contributed by atoms with E-state index < -0.39 is 0 Å². The van der Waals surface area contributed by atoms with Crippen LogP contribution in [0.1, 0.15) is 24.3 Å². The summed E-state index contributed by atoms with van der Waals surface area (Å²) in [6.07, 6.45) is 0. The monoisotopic (exact) mass is 339 g/mol. The molecule has 0 bridgehead atoms. The third-order valence-corrected chi connectivity index (χ3v) is 5.82. The third-order valence-electron chi connectivity index (χ3n) is 3.64. The van der Waals surface area contributed by atoms with Crippen LogP contribution in [-0.2, 0) is 11.3 Å². The Balaban J connectivity index is 2.55. The second kappa shape index (κ2) is 6.42. The van der Waals surface area contributed by atoms with Crippen LogP contribution in [0.25, 0.3) is 10.2 Å². The lowest BCUT2D eigenvalue weighted by molar-refractivity contribution is -0.127. The van der Waals surface area contributed by atoms with Gasteiger partial charge in [-0.1, -0.05) is 11.8 Å². The Morgan fingerprint density at radius 3 is 2.59 bits per heavy atom. The quantitative estimate of drug-likeness (QED) is 0.635. The zero-order valence-electron chi connectivity index (χ0n) is 13.8. The molecule has 0 unspecified atom stereocenters. The molecule has 2 aromatic heterocycles. The van der Waals surface area contributed by atoms with Gasteiger partial charge in [0.25, 0.3) is 5.56 Å². The fraction of sp³-hybridized carbons (Fsp3) is 0.533. The molecule has 2 heterocycles. The number of hydrogen-bond donors (Lipinski definition) is 0. The highest BCUT2D eigenvalue weighted by Gasteiger charge is 2.21. The minimum Gasteiger partial charge on any atom is -0.348 e. The van der Waals surface area contributed by atoms with E-state index in [1.54, 1.807) is 23.6 Å². The number of aryl methyl sites for hydroxylation is 2. The van der Waals surface area contributed by atoms with Gasteiger partial charge in [0, 0.05) is 25.5 Å². The molecular formula is C15H21N3O2S2. The molecule has 0 aliphatic heterocycles. The summed E-state index contributed by atoms with van der Waals surface area (Å²) < 4.78 is 1.66. The molecule has 5 nitrogen and oxygen atoms in total. The van der Waals surface area contributed by atoms with Gasteiger partial charge in [-0.25, -0.2) is 4.98 Å². The predicted molar refractivity (Wildman–Crippen MR) is 93.0 cm³/mol. The molecule has 120 valence electrons. The Kier molecular flexibility index (Phi) is 4.97. The number of aromatic nitrogens is 2. The van der Waals surface area contributed by atoms with Gasteiger partial charge in [-0.15, -0.1) is 11.3 Å². The number of amides is 1. The van der Waals surface area contributed by atoms with E-state index >= 15 is 0 Å². The minimum absolute atomic E-state index is 0.0126. The first-order chi connectivity index (χ1) is 10.3.